The molecule has 8 heteroatoms. The Morgan fingerprint density at radius 2 is 2.00 bits per heavy atom. The van der Waals surface area contributed by atoms with E-state index in [4.69, 9.17) is 9.47 Å². The molecule has 0 bridgehead atoms. The second-order valence-electron chi connectivity index (χ2n) is 5.41. The number of ether oxygens (including phenoxy) is 2. The largest absolute Gasteiger partial charge is 0.484 e. The monoisotopic (exact) mass is 402 g/mol. The first-order chi connectivity index (χ1) is 13.1. The van der Waals surface area contributed by atoms with Crippen LogP contribution in [-0.2, 0) is 14.3 Å². The number of hydrogen-bond donors (Lipinski definition) is 1. The van der Waals surface area contributed by atoms with Crippen molar-refractivity contribution in [2.24, 2.45) is 0 Å². The van der Waals surface area contributed by atoms with Gasteiger partial charge < -0.3 is 14.8 Å². The summed E-state index contributed by atoms with van der Waals surface area (Å²) < 4.78 is 12.1. The molecule has 0 saturated carbocycles. The van der Waals surface area contributed by atoms with Gasteiger partial charge in [-0.1, -0.05) is 30.0 Å². The highest BCUT2D eigenvalue weighted by Gasteiger charge is 2.10. The Labute approximate surface area is 164 Å². The van der Waals surface area contributed by atoms with Crippen LogP contribution in [0.4, 0.5) is 5.69 Å². The summed E-state index contributed by atoms with van der Waals surface area (Å²) in [5, 5.41) is 2.81. The molecule has 0 saturated heterocycles. The van der Waals surface area contributed by atoms with Crippen LogP contribution in [-0.4, -0.2) is 35.8 Å². The lowest BCUT2D eigenvalue weighted by Gasteiger charge is -2.07. The Bertz CT molecular complexity index is 928. The zero-order valence-corrected chi connectivity index (χ0v) is 16.3. The molecular weight excluding hydrogens is 384 g/mol. The van der Waals surface area contributed by atoms with E-state index in [9.17, 15) is 9.59 Å². The number of carbonyl (C=O) groups is 2. The van der Waals surface area contributed by atoms with Crippen molar-refractivity contribution < 1.29 is 19.1 Å². The van der Waals surface area contributed by atoms with E-state index in [0.29, 0.717) is 18.0 Å². The van der Waals surface area contributed by atoms with Crippen molar-refractivity contribution in [1.29, 1.82) is 0 Å². The predicted molar refractivity (Wildman–Crippen MR) is 108 cm³/mol. The molecule has 1 N–H and O–H groups in total. The number of carbonyl (C=O) groups excluding carboxylic acids is 2. The van der Waals surface area contributed by atoms with Gasteiger partial charge in [-0.15, -0.1) is 11.3 Å². The standard InChI is InChI=1S/C19H18N2O4S2/c1-2-24-18(23)12-26-19-21-15-9-8-13(10-16(15)27-19)20-17(22)11-25-14-6-4-3-5-7-14/h3-10H,2,11-12H2,1H3,(H,20,22). The SMILES string of the molecule is CCOC(=O)CSc1nc2ccc(NC(=O)COc3ccccc3)cc2s1. The topological polar surface area (TPSA) is 77.5 Å². The summed E-state index contributed by atoms with van der Waals surface area (Å²) in [6, 6.07) is 14.7. The van der Waals surface area contributed by atoms with Crippen molar-refractivity contribution in [2.45, 2.75) is 11.3 Å². The normalized spacial score (nSPS) is 10.6. The Morgan fingerprint density at radius 1 is 1.19 bits per heavy atom. The third-order valence-electron chi connectivity index (χ3n) is 3.38. The van der Waals surface area contributed by atoms with Crippen molar-refractivity contribution in [1.82, 2.24) is 4.98 Å². The lowest BCUT2D eigenvalue weighted by molar-refractivity contribution is -0.139. The molecule has 0 aliphatic rings. The van der Waals surface area contributed by atoms with Gasteiger partial charge in [-0.25, -0.2) is 4.98 Å². The number of nitrogens with one attached hydrogen (secondary N) is 1. The molecular formula is C19H18N2O4S2. The molecule has 0 radical (unpaired) electrons. The van der Waals surface area contributed by atoms with Gasteiger partial charge in [0.1, 0.15) is 5.75 Å². The lowest BCUT2D eigenvalue weighted by Crippen LogP contribution is -2.20. The molecule has 0 atom stereocenters. The van der Waals surface area contributed by atoms with Crippen LogP contribution in [0.1, 0.15) is 6.92 Å². The van der Waals surface area contributed by atoms with Crippen LogP contribution >= 0.6 is 23.1 Å². The van der Waals surface area contributed by atoms with E-state index in [2.05, 4.69) is 10.3 Å². The molecule has 6 nitrogen and oxygen atoms in total. The van der Waals surface area contributed by atoms with Gasteiger partial charge in [-0.05, 0) is 37.3 Å². The number of esters is 1. The van der Waals surface area contributed by atoms with Gasteiger partial charge in [-0.3, -0.25) is 9.59 Å². The molecule has 0 unspecified atom stereocenters. The maximum atomic E-state index is 12.1. The van der Waals surface area contributed by atoms with Crippen LogP contribution in [0.2, 0.25) is 0 Å². The summed E-state index contributed by atoms with van der Waals surface area (Å²) >= 11 is 2.82. The molecule has 140 valence electrons. The molecule has 1 aromatic heterocycles. The second-order valence-corrected chi connectivity index (χ2v) is 7.66. The van der Waals surface area contributed by atoms with Gasteiger partial charge in [0, 0.05) is 5.69 Å². The van der Waals surface area contributed by atoms with Crippen molar-refractivity contribution in [3.63, 3.8) is 0 Å². The number of aromatic nitrogens is 1. The van der Waals surface area contributed by atoms with Gasteiger partial charge in [-0.2, -0.15) is 0 Å². The van der Waals surface area contributed by atoms with Crippen molar-refractivity contribution in [3.05, 3.63) is 48.5 Å². The number of anilines is 1. The summed E-state index contributed by atoms with van der Waals surface area (Å²) in [5.41, 5.74) is 1.50. The van der Waals surface area contributed by atoms with Crippen LogP contribution in [0.15, 0.2) is 52.9 Å². The summed E-state index contributed by atoms with van der Waals surface area (Å²) in [6.45, 7) is 2.09. The predicted octanol–water partition coefficient (Wildman–Crippen LogP) is 3.97. The fourth-order valence-corrected chi connectivity index (χ4v) is 4.13. The molecule has 2 aromatic carbocycles. The minimum absolute atomic E-state index is 0.0641. The van der Waals surface area contributed by atoms with E-state index in [1.165, 1.54) is 23.1 Å². The number of para-hydroxylation sites is 1. The van der Waals surface area contributed by atoms with Gasteiger partial charge in [0.05, 0.1) is 22.6 Å². The van der Waals surface area contributed by atoms with E-state index < -0.39 is 0 Å². The van der Waals surface area contributed by atoms with Crippen LogP contribution in [0.25, 0.3) is 10.2 Å². The Morgan fingerprint density at radius 3 is 2.78 bits per heavy atom. The summed E-state index contributed by atoms with van der Waals surface area (Å²) in [5.74, 6) is 0.384. The average molecular weight is 402 g/mol. The van der Waals surface area contributed by atoms with Gasteiger partial charge in [0.2, 0.25) is 0 Å². The molecule has 0 spiro atoms. The molecule has 0 fully saturated rings. The highest BCUT2D eigenvalue weighted by atomic mass is 32.2. The van der Waals surface area contributed by atoms with Crippen LogP contribution in [0, 0.1) is 0 Å². The second kappa shape index (κ2) is 9.38. The Hall–Kier alpha value is -2.58. The number of nitrogens with zero attached hydrogens (tertiary/aromatic N) is 1. The van der Waals surface area contributed by atoms with E-state index in [0.717, 1.165) is 14.6 Å². The first kappa shape index (κ1) is 19.2. The number of benzene rings is 2. The van der Waals surface area contributed by atoms with Crippen LogP contribution in [0.5, 0.6) is 5.75 Å². The first-order valence-electron chi connectivity index (χ1n) is 8.31. The van der Waals surface area contributed by atoms with Crippen LogP contribution in [0.3, 0.4) is 0 Å². The van der Waals surface area contributed by atoms with Gasteiger partial charge in [0.25, 0.3) is 5.91 Å². The molecule has 1 heterocycles. The van der Waals surface area contributed by atoms with Crippen molar-refractivity contribution >= 4 is 50.9 Å². The third kappa shape index (κ3) is 5.70. The third-order valence-corrected chi connectivity index (χ3v) is 5.52. The zero-order valence-electron chi connectivity index (χ0n) is 14.6. The summed E-state index contributed by atoms with van der Waals surface area (Å²) in [6.07, 6.45) is 0. The maximum absolute atomic E-state index is 12.1. The number of thiazole rings is 1. The molecule has 0 aliphatic carbocycles. The van der Waals surface area contributed by atoms with E-state index >= 15 is 0 Å². The molecule has 1 amide bonds. The number of fused-ring (bicyclic) bond motifs is 1. The van der Waals surface area contributed by atoms with Crippen molar-refractivity contribution in [3.8, 4) is 5.75 Å². The fourth-order valence-electron chi connectivity index (χ4n) is 2.23. The smallest absolute Gasteiger partial charge is 0.316 e. The zero-order chi connectivity index (χ0) is 19.1. The van der Waals surface area contributed by atoms with Gasteiger partial charge >= 0.3 is 5.97 Å². The highest BCUT2D eigenvalue weighted by molar-refractivity contribution is 8.01. The van der Waals surface area contributed by atoms with Gasteiger partial charge in [0.15, 0.2) is 10.9 Å². The highest BCUT2D eigenvalue weighted by Crippen LogP contribution is 2.31. The number of hydrogen-bond acceptors (Lipinski definition) is 7. The quantitative estimate of drug-likeness (QED) is 0.454. The minimum Gasteiger partial charge on any atom is -0.484 e. The van der Waals surface area contributed by atoms with Crippen molar-refractivity contribution in [2.75, 3.05) is 24.3 Å². The van der Waals surface area contributed by atoms with E-state index in [1.54, 1.807) is 25.1 Å². The van der Waals surface area contributed by atoms with Crippen LogP contribution < -0.4 is 10.1 Å². The fraction of sp³-hybridized carbons (Fsp3) is 0.211. The average Bonchev–Trinajstić information content (AvgIpc) is 3.08. The molecule has 3 aromatic rings. The maximum Gasteiger partial charge on any atom is 0.316 e. The molecule has 0 aliphatic heterocycles. The Balaban J connectivity index is 1.57. The number of amides is 1. The summed E-state index contributed by atoms with van der Waals surface area (Å²) in [7, 11) is 0. The van der Waals surface area contributed by atoms with E-state index in [-0.39, 0.29) is 24.2 Å². The molecule has 3 rings (SSSR count). The Kier molecular flexibility index (Phi) is 6.67. The number of rotatable bonds is 8. The minimum atomic E-state index is -0.256. The molecule has 27 heavy (non-hydrogen) atoms. The van der Waals surface area contributed by atoms with E-state index in [1.807, 2.05) is 30.3 Å². The summed E-state index contributed by atoms with van der Waals surface area (Å²) in [4.78, 5) is 28.0. The number of thioether (sulfide) groups is 1. The lowest BCUT2D eigenvalue weighted by atomic mass is 10.3. The first-order valence-corrected chi connectivity index (χ1v) is 10.1.